The minimum absolute atomic E-state index is 0.129. The lowest BCUT2D eigenvalue weighted by Crippen LogP contribution is -2.30. The summed E-state index contributed by atoms with van der Waals surface area (Å²) >= 11 is 11.9. The molecule has 2 nitrogen and oxygen atoms in total. The fraction of sp³-hybridized carbons (Fsp3) is 0.308. The molecular formula is C13H15Cl2NO. The quantitative estimate of drug-likeness (QED) is 0.827. The summed E-state index contributed by atoms with van der Waals surface area (Å²) in [4.78, 5) is 11.5. The lowest BCUT2D eigenvalue weighted by atomic mass is 10.2. The maximum absolute atomic E-state index is 11.5. The summed E-state index contributed by atoms with van der Waals surface area (Å²) in [6, 6.07) is 5.48. The molecule has 0 aromatic heterocycles. The van der Waals surface area contributed by atoms with Crippen molar-refractivity contribution in [3.8, 4) is 0 Å². The normalized spacial score (nSPS) is 12.7. The fourth-order valence-electron chi connectivity index (χ4n) is 1.21. The third-order valence-electron chi connectivity index (χ3n) is 2.40. The van der Waals surface area contributed by atoms with Crippen molar-refractivity contribution in [2.24, 2.45) is 0 Å². The zero-order chi connectivity index (χ0) is 12.8. The van der Waals surface area contributed by atoms with Crippen LogP contribution in [0.5, 0.6) is 0 Å². The Kier molecular flexibility index (Phi) is 5.52. The van der Waals surface area contributed by atoms with Crippen molar-refractivity contribution in [3.63, 3.8) is 0 Å². The number of benzene rings is 1. The highest BCUT2D eigenvalue weighted by atomic mass is 35.5. The Labute approximate surface area is 112 Å². The first-order chi connectivity index (χ1) is 8.04. The molecular weight excluding hydrogens is 257 g/mol. The average molecular weight is 272 g/mol. The molecule has 92 valence electrons. The second-order valence-electron chi connectivity index (χ2n) is 3.79. The van der Waals surface area contributed by atoms with Crippen molar-refractivity contribution in [2.75, 3.05) is 0 Å². The van der Waals surface area contributed by atoms with Crippen LogP contribution in [0.25, 0.3) is 6.08 Å². The van der Waals surface area contributed by atoms with E-state index >= 15 is 0 Å². The van der Waals surface area contributed by atoms with Crippen LogP contribution in [-0.2, 0) is 4.79 Å². The van der Waals surface area contributed by atoms with Gasteiger partial charge in [-0.3, -0.25) is 4.79 Å². The van der Waals surface area contributed by atoms with E-state index in [9.17, 15) is 4.79 Å². The molecule has 1 atom stereocenters. The molecule has 1 amide bonds. The lowest BCUT2D eigenvalue weighted by molar-refractivity contribution is -0.117. The van der Waals surface area contributed by atoms with Crippen LogP contribution in [0.4, 0.5) is 0 Å². The summed E-state index contributed by atoms with van der Waals surface area (Å²) in [5.74, 6) is -0.129. The molecule has 0 radical (unpaired) electrons. The first-order valence-electron chi connectivity index (χ1n) is 5.47. The molecule has 1 rings (SSSR count). The molecule has 0 saturated heterocycles. The van der Waals surface area contributed by atoms with Crippen LogP contribution in [0.15, 0.2) is 24.3 Å². The summed E-state index contributed by atoms with van der Waals surface area (Å²) in [5.41, 5.74) is 0.735. The van der Waals surface area contributed by atoms with Gasteiger partial charge in [-0.15, -0.1) is 0 Å². The predicted molar refractivity (Wildman–Crippen MR) is 73.4 cm³/mol. The highest BCUT2D eigenvalue weighted by Crippen LogP contribution is 2.26. The van der Waals surface area contributed by atoms with Gasteiger partial charge in [0.2, 0.25) is 5.91 Å². The van der Waals surface area contributed by atoms with E-state index in [1.165, 1.54) is 6.08 Å². The van der Waals surface area contributed by atoms with Crippen LogP contribution >= 0.6 is 23.2 Å². The maximum Gasteiger partial charge on any atom is 0.244 e. The van der Waals surface area contributed by atoms with E-state index in [4.69, 9.17) is 23.2 Å². The van der Waals surface area contributed by atoms with Crippen molar-refractivity contribution < 1.29 is 4.79 Å². The Morgan fingerprint density at radius 2 is 2.18 bits per heavy atom. The van der Waals surface area contributed by atoms with Gasteiger partial charge in [0.25, 0.3) is 0 Å². The van der Waals surface area contributed by atoms with Crippen LogP contribution in [0.2, 0.25) is 10.0 Å². The molecule has 0 aliphatic heterocycles. The molecule has 0 aliphatic carbocycles. The van der Waals surface area contributed by atoms with Gasteiger partial charge >= 0.3 is 0 Å². The van der Waals surface area contributed by atoms with Gasteiger partial charge in [-0.1, -0.05) is 42.3 Å². The molecule has 1 unspecified atom stereocenters. The minimum Gasteiger partial charge on any atom is -0.350 e. The number of hydrogen-bond donors (Lipinski definition) is 1. The van der Waals surface area contributed by atoms with Crippen molar-refractivity contribution in [1.29, 1.82) is 0 Å². The highest BCUT2D eigenvalue weighted by Gasteiger charge is 2.03. The van der Waals surface area contributed by atoms with Gasteiger partial charge in [0.05, 0.1) is 10.0 Å². The van der Waals surface area contributed by atoms with Gasteiger partial charge in [-0.25, -0.2) is 0 Å². The molecule has 0 saturated carbocycles. The first-order valence-corrected chi connectivity index (χ1v) is 6.22. The molecule has 1 aromatic rings. The topological polar surface area (TPSA) is 29.1 Å². The van der Waals surface area contributed by atoms with E-state index in [2.05, 4.69) is 5.32 Å². The first kappa shape index (κ1) is 14.1. The number of carbonyl (C=O) groups excluding carboxylic acids is 1. The van der Waals surface area contributed by atoms with Crippen LogP contribution in [0, 0.1) is 0 Å². The maximum atomic E-state index is 11.5. The SMILES string of the molecule is CCC(C)NC(=O)C=Cc1cccc(Cl)c1Cl. The summed E-state index contributed by atoms with van der Waals surface area (Å²) < 4.78 is 0. The molecule has 0 fully saturated rings. The Hall–Kier alpha value is -0.990. The van der Waals surface area contributed by atoms with Crippen LogP contribution in [-0.4, -0.2) is 11.9 Å². The molecule has 1 aromatic carbocycles. The van der Waals surface area contributed by atoms with Crippen LogP contribution in [0.1, 0.15) is 25.8 Å². The molecule has 1 N–H and O–H groups in total. The fourth-order valence-corrected chi connectivity index (χ4v) is 1.58. The number of hydrogen-bond acceptors (Lipinski definition) is 1. The second kappa shape index (κ2) is 6.67. The monoisotopic (exact) mass is 271 g/mol. The molecule has 0 bridgehead atoms. The summed E-state index contributed by atoms with van der Waals surface area (Å²) in [5, 5.41) is 3.77. The molecule has 0 aliphatic rings. The third-order valence-corrected chi connectivity index (χ3v) is 3.23. The van der Waals surface area contributed by atoms with E-state index in [1.54, 1.807) is 24.3 Å². The largest absolute Gasteiger partial charge is 0.350 e. The van der Waals surface area contributed by atoms with E-state index in [0.717, 1.165) is 12.0 Å². The predicted octanol–water partition coefficient (Wildman–Crippen LogP) is 3.92. The van der Waals surface area contributed by atoms with Gasteiger partial charge in [0, 0.05) is 12.1 Å². The van der Waals surface area contributed by atoms with Crippen molar-refractivity contribution >= 4 is 35.2 Å². The molecule has 17 heavy (non-hydrogen) atoms. The van der Waals surface area contributed by atoms with Crippen LogP contribution in [0.3, 0.4) is 0 Å². The van der Waals surface area contributed by atoms with Crippen molar-refractivity contribution in [3.05, 3.63) is 39.9 Å². The summed E-state index contributed by atoms with van der Waals surface area (Å²) in [6.07, 6.45) is 4.02. The molecule has 4 heteroatoms. The minimum atomic E-state index is -0.129. The summed E-state index contributed by atoms with van der Waals surface area (Å²) in [7, 11) is 0. The van der Waals surface area contributed by atoms with E-state index in [-0.39, 0.29) is 11.9 Å². The Morgan fingerprint density at radius 3 is 2.82 bits per heavy atom. The zero-order valence-corrected chi connectivity index (χ0v) is 11.3. The van der Waals surface area contributed by atoms with Crippen molar-refractivity contribution in [2.45, 2.75) is 26.3 Å². The third kappa shape index (κ3) is 4.41. The van der Waals surface area contributed by atoms with E-state index < -0.39 is 0 Å². The second-order valence-corrected chi connectivity index (χ2v) is 4.58. The Bertz CT molecular complexity index is 429. The zero-order valence-electron chi connectivity index (χ0n) is 9.84. The Morgan fingerprint density at radius 1 is 1.47 bits per heavy atom. The molecule has 0 heterocycles. The number of amides is 1. The van der Waals surface area contributed by atoms with Gasteiger partial charge in [-0.2, -0.15) is 0 Å². The standard InChI is InChI=1S/C13H15Cl2NO/c1-3-9(2)16-12(17)8-7-10-5-4-6-11(14)13(10)15/h4-9H,3H2,1-2H3,(H,16,17). The van der Waals surface area contributed by atoms with Crippen molar-refractivity contribution in [1.82, 2.24) is 5.32 Å². The lowest BCUT2D eigenvalue weighted by Gasteiger charge is -2.08. The molecule has 0 spiro atoms. The number of halogens is 2. The number of nitrogens with one attached hydrogen (secondary N) is 1. The smallest absolute Gasteiger partial charge is 0.244 e. The van der Waals surface area contributed by atoms with Gasteiger partial charge in [-0.05, 0) is 31.1 Å². The van der Waals surface area contributed by atoms with Crippen LogP contribution < -0.4 is 5.32 Å². The summed E-state index contributed by atoms with van der Waals surface area (Å²) in [6.45, 7) is 3.97. The number of rotatable bonds is 4. The van der Waals surface area contributed by atoms with E-state index in [0.29, 0.717) is 10.0 Å². The number of carbonyl (C=O) groups is 1. The average Bonchev–Trinajstić information content (AvgIpc) is 2.31. The van der Waals surface area contributed by atoms with Gasteiger partial charge < -0.3 is 5.32 Å². The van der Waals surface area contributed by atoms with Gasteiger partial charge in [0.1, 0.15) is 0 Å². The van der Waals surface area contributed by atoms with E-state index in [1.807, 2.05) is 13.8 Å². The Balaban J connectivity index is 2.71. The van der Waals surface area contributed by atoms with Gasteiger partial charge in [0.15, 0.2) is 0 Å². The highest BCUT2D eigenvalue weighted by molar-refractivity contribution is 6.42.